The molecular formula is C22H28N6O2. The molecule has 4 rings (SSSR count). The number of amides is 1. The van der Waals surface area contributed by atoms with Crippen LogP contribution in [0.1, 0.15) is 74.7 Å². The Morgan fingerprint density at radius 3 is 2.57 bits per heavy atom. The van der Waals surface area contributed by atoms with Gasteiger partial charge in [-0.05, 0) is 29.5 Å². The SMILES string of the molecule is CC(C)c1noc(-c2cn([C@H]3CCN(C(=O)c4ccc(C(C)(C)C)cc4)C3)nn2)n1. The Hall–Kier alpha value is -3.03. The number of hydrogen-bond acceptors (Lipinski definition) is 6. The van der Waals surface area contributed by atoms with Crippen molar-refractivity contribution < 1.29 is 9.32 Å². The summed E-state index contributed by atoms with van der Waals surface area (Å²) in [6.45, 7) is 11.8. The first kappa shape index (κ1) is 20.3. The fraction of sp³-hybridized carbons (Fsp3) is 0.500. The summed E-state index contributed by atoms with van der Waals surface area (Å²) in [7, 11) is 0. The van der Waals surface area contributed by atoms with E-state index in [2.05, 4.69) is 41.2 Å². The number of benzene rings is 1. The molecule has 0 aliphatic carbocycles. The highest BCUT2D eigenvalue weighted by atomic mass is 16.5. The Morgan fingerprint density at radius 2 is 1.93 bits per heavy atom. The maximum Gasteiger partial charge on any atom is 0.280 e. The van der Waals surface area contributed by atoms with Crippen molar-refractivity contribution >= 4 is 5.91 Å². The fourth-order valence-electron chi connectivity index (χ4n) is 3.56. The van der Waals surface area contributed by atoms with E-state index in [1.807, 2.05) is 49.2 Å². The third kappa shape index (κ3) is 3.99. The summed E-state index contributed by atoms with van der Waals surface area (Å²) in [6, 6.07) is 8.01. The summed E-state index contributed by atoms with van der Waals surface area (Å²) < 4.78 is 7.09. The molecule has 158 valence electrons. The van der Waals surface area contributed by atoms with Gasteiger partial charge in [0.1, 0.15) is 0 Å². The summed E-state index contributed by atoms with van der Waals surface area (Å²) in [5.41, 5.74) is 2.56. The second-order valence-corrected chi connectivity index (χ2v) is 9.22. The van der Waals surface area contributed by atoms with Crippen molar-refractivity contribution in [3.63, 3.8) is 0 Å². The van der Waals surface area contributed by atoms with Crippen LogP contribution in [-0.2, 0) is 5.41 Å². The largest absolute Gasteiger partial charge is 0.336 e. The van der Waals surface area contributed by atoms with Crippen molar-refractivity contribution in [1.29, 1.82) is 0 Å². The molecule has 3 aromatic rings. The van der Waals surface area contributed by atoms with Crippen LogP contribution in [0.3, 0.4) is 0 Å². The van der Waals surface area contributed by atoms with Crippen LogP contribution in [-0.4, -0.2) is 49.0 Å². The predicted octanol–water partition coefficient (Wildman–Crippen LogP) is 3.84. The molecule has 3 heterocycles. The number of hydrogen-bond donors (Lipinski definition) is 0. The first-order valence-corrected chi connectivity index (χ1v) is 10.4. The quantitative estimate of drug-likeness (QED) is 0.652. The van der Waals surface area contributed by atoms with Gasteiger partial charge in [0.2, 0.25) is 0 Å². The number of carbonyl (C=O) groups excluding carboxylic acids is 1. The number of aromatic nitrogens is 5. The molecule has 0 saturated carbocycles. The van der Waals surface area contributed by atoms with Gasteiger partial charge < -0.3 is 9.42 Å². The molecule has 1 aliphatic rings. The van der Waals surface area contributed by atoms with E-state index in [-0.39, 0.29) is 23.3 Å². The van der Waals surface area contributed by atoms with Gasteiger partial charge in [-0.3, -0.25) is 4.79 Å². The molecule has 8 nitrogen and oxygen atoms in total. The summed E-state index contributed by atoms with van der Waals surface area (Å²) in [4.78, 5) is 19.2. The molecule has 8 heteroatoms. The number of likely N-dealkylation sites (tertiary alicyclic amines) is 1. The van der Waals surface area contributed by atoms with Crippen LogP contribution in [0.4, 0.5) is 0 Å². The topological polar surface area (TPSA) is 89.9 Å². The number of nitrogens with zero attached hydrogens (tertiary/aromatic N) is 6. The molecule has 1 atom stereocenters. The van der Waals surface area contributed by atoms with Crippen molar-refractivity contribution in [2.75, 3.05) is 13.1 Å². The van der Waals surface area contributed by atoms with Crippen LogP contribution in [0.15, 0.2) is 35.0 Å². The zero-order valence-corrected chi connectivity index (χ0v) is 18.2. The molecule has 0 N–H and O–H groups in total. The average molecular weight is 409 g/mol. The molecule has 1 fully saturated rings. The van der Waals surface area contributed by atoms with Crippen molar-refractivity contribution in [2.24, 2.45) is 0 Å². The van der Waals surface area contributed by atoms with E-state index in [1.54, 1.807) is 4.68 Å². The Balaban J connectivity index is 1.43. The van der Waals surface area contributed by atoms with Crippen LogP contribution >= 0.6 is 0 Å². The number of carbonyl (C=O) groups is 1. The lowest BCUT2D eigenvalue weighted by atomic mass is 9.86. The Kier molecular flexibility index (Phi) is 5.17. The molecule has 0 unspecified atom stereocenters. The highest BCUT2D eigenvalue weighted by molar-refractivity contribution is 5.94. The zero-order chi connectivity index (χ0) is 21.5. The lowest BCUT2D eigenvalue weighted by Gasteiger charge is -2.20. The van der Waals surface area contributed by atoms with E-state index in [0.29, 0.717) is 30.5 Å². The van der Waals surface area contributed by atoms with Gasteiger partial charge in [0.05, 0.1) is 12.2 Å². The Labute approximate surface area is 176 Å². The molecule has 1 aromatic carbocycles. The zero-order valence-electron chi connectivity index (χ0n) is 18.2. The van der Waals surface area contributed by atoms with Crippen molar-refractivity contribution in [3.8, 4) is 11.6 Å². The lowest BCUT2D eigenvalue weighted by Crippen LogP contribution is -2.29. The second kappa shape index (κ2) is 7.66. The van der Waals surface area contributed by atoms with Gasteiger partial charge in [0, 0.05) is 24.6 Å². The monoisotopic (exact) mass is 408 g/mol. The normalized spacial score (nSPS) is 17.1. The third-order valence-electron chi connectivity index (χ3n) is 5.51. The summed E-state index contributed by atoms with van der Waals surface area (Å²) in [6.07, 6.45) is 2.64. The summed E-state index contributed by atoms with van der Waals surface area (Å²) in [5.74, 6) is 1.26. The van der Waals surface area contributed by atoms with Crippen molar-refractivity contribution in [1.82, 2.24) is 30.0 Å². The molecule has 0 radical (unpaired) electrons. The van der Waals surface area contributed by atoms with Gasteiger partial charge in [-0.1, -0.05) is 57.1 Å². The Morgan fingerprint density at radius 1 is 1.20 bits per heavy atom. The fourth-order valence-corrected chi connectivity index (χ4v) is 3.56. The van der Waals surface area contributed by atoms with Crippen LogP contribution in [0.5, 0.6) is 0 Å². The number of rotatable bonds is 4. The minimum absolute atomic E-state index is 0.0526. The van der Waals surface area contributed by atoms with E-state index in [0.717, 1.165) is 12.0 Å². The van der Waals surface area contributed by atoms with E-state index < -0.39 is 0 Å². The van der Waals surface area contributed by atoms with Gasteiger partial charge in [0.25, 0.3) is 11.8 Å². The predicted molar refractivity (Wildman–Crippen MR) is 112 cm³/mol. The maximum atomic E-state index is 12.9. The average Bonchev–Trinajstić information content (AvgIpc) is 3.46. The van der Waals surface area contributed by atoms with Gasteiger partial charge in [0.15, 0.2) is 11.5 Å². The molecule has 0 spiro atoms. The molecule has 30 heavy (non-hydrogen) atoms. The molecule has 1 saturated heterocycles. The van der Waals surface area contributed by atoms with Crippen LogP contribution in [0.25, 0.3) is 11.6 Å². The first-order chi connectivity index (χ1) is 14.2. The minimum atomic E-state index is 0.0526. The van der Waals surface area contributed by atoms with Crippen LogP contribution in [0.2, 0.25) is 0 Å². The van der Waals surface area contributed by atoms with Crippen molar-refractivity contribution in [3.05, 3.63) is 47.4 Å². The van der Waals surface area contributed by atoms with E-state index in [4.69, 9.17) is 4.52 Å². The maximum absolute atomic E-state index is 12.9. The van der Waals surface area contributed by atoms with Gasteiger partial charge in [-0.25, -0.2) is 4.68 Å². The summed E-state index contributed by atoms with van der Waals surface area (Å²) in [5, 5.41) is 12.4. The van der Waals surface area contributed by atoms with Gasteiger partial charge in [-0.15, -0.1) is 5.10 Å². The standard InChI is InChI=1S/C22H28N6O2/c1-14(2)19-23-20(30-25-19)18-13-28(26-24-18)17-10-11-27(12-17)21(29)15-6-8-16(9-7-15)22(3,4)5/h6-9,13-14,17H,10-12H2,1-5H3/t17-/m0/s1. The van der Waals surface area contributed by atoms with Gasteiger partial charge >= 0.3 is 0 Å². The smallest absolute Gasteiger partial charge is 0.280 e. The molecule has 1 aliphatic heterocycles. The third-order valence-corrected chi connectivity index (χ3v) is 5.51. The lowest BCUT2D eigenvalue weighted by molar-refractivity contribution is 0.0787. The van der Waals surface area contributed by atoms with Crippen LogP contribution in [0, 0.1) is 0 Å². The highest BCUT2D eigenvalue weighted by Gasteiger charge is 2.29. The molecule has 0 bridgehead atoms. The molecule has 2 aromatic heterocycles. The van der Waals surface area contributed by atoms with Gasteiger partial charge in [-0.2, -0.15) is 4.98 Å². The van der Waals surface area contributed by atoms with E-state index in [1.165, 1.54) is 5.56 Å². The molecular weight excluding hydrogens is 380 g/mol. The second-order valence-electron chi connectivity index (χ2n) is 9.22. The van der Waals surface area contributed by atoms with E-state index >= 15 is 0 Å². The van der Waals surface area contributed by atoms with Crippen molar-refractivity contribution in [2.45, 2.75) is 58.4 Å². The minimum Gasteiger partial charge on any atom is -0.336 e. The first-order valence-electron chi connectivity index (χ1n) is 10.4. The highest BCUT2D eigenvalue weighted by Crippen LogP contribution is 2.26. The van der Waals surface area contributed by atoms with Crippen LogP contribution < -0.4 is 0 Å². The molecule has 1 amide bonds. The Bertz CT molecular complexity index is 1030. The van der Waals surface area contributed by atoms with E-state index in [9.17, 15) is 4.79 Å². The summed E-state index contributed by atoms with van der Waals surface area (Å²) >= 11 is 0.